The lowest BCUT2D eigenvalue weighted by atomic mass is 9.94. The Bertz CT molecular complexity index is 1200. The minimum atomic E-state index is -1.02. The highest BCUT2D eigenvalue weighted by Gasteiger charge is 2.56. The van der Waals surface area contributed by atoms with Crippen molar-refractivity contribution < 1.29 is 29.2 Å². The van der Waals surface area contributed by atoms with Gasteiger partial charge in [-0.15, -0.1) is 11.3 Å². The number of fused-ring (bicyclic) bond motifs is 1. The van der Waals surface area contributed by atoms with Crippen LogP contribution in [0, 0.1) is 6.92 Å². The Hall–Kier alpha value is -2.39. The lowest BCUT2D eigenvalue weighted by molar-refractivity contribution is -0.226. The van der Waals surface area contributed by atoms with Crippen LogP contribution >= 0.6 is 11.3 Å². The molecule has 0 amide bonds. The molecule has 3 aromatic rings. The summed E-state index contributed by atoms with van der Waals surface area (Å²) >= 11 is 1.65. The summed E-state index contributed by atoms with van der Waals surface area (Å²) in [5.74, 6) is -0.824. The smallest absolute Gasteiger partial charge is 0.190 e. The second kappa shape index (κ2) is 9.00. The standard InChI is InChI=1S/C27H28O6S/c1-15-8-9-16(22(29)24-23(30)25-26(31-24)33-27(2,3)32-25)12-18(15)13-19-10-11-21(34-19)20-7-5-4-6-17(20)14-28/h4-12,14,22-26,29-30H,13H2,1-3H3. The molecule has 2 aromatic carbocycles. The van der Waals surface area contributed by atoms with Gasteiger partial charge in [-0.05, 0) is 49.6 Å². The average molecular weight is 481 g/mol. The number of aliphatic hydroxyl groups is 2. The molecule has 2 aliphatic heterocycles. The highest BCUT2D eigenvalue weighted by Crippen LogP contribution is 2.41. The molecule has 3 heterocycles. The number of aryl methyl sites for hydroxylation is 1. The second-order valence-corrected chi connectivity index (χ2v) is 10.5. The number of hydrogen-bond donors (Lipinski definition) is 2. The van der Waals surface area contributed by atoms with E-state index in [4.69, 9.17) is 14.2 Å². The Balaban J connectivity index is 1.34. The van der Waals surface area contributed by atoms with E-state index in [2.05, 4.69) is 6.07 Å². The minimum absolute atomic E-state index is 0.627. The number of ether oxygens (including phenoxy) is 3. The van der Waals surface area contributed by atoms with Gasteiger partial charge in [-0.2, -0.15) is 0 Å². The first-order chi connectivity index (χ1) is 16.3. The summed E-state index contributed by atoms with van der Waals surface area (Å²) < 4.78 is 17.3. The van der Waals surface area contributed by atoms with E-state index in [1.807, 2.05) is 55.5 Å². The van der Waals surface area contributed by atoms with Gasteiger partial charge in [0.15, 0.2) is 18.4 Å². The number of carbonyl (C=O) groups excluding carboxylic acids is 1. The third-order valence-corrected chi connectivity index (χ3v) is 7.58. The van der Waals surface area contributed by atoms with Crippen LogP contribution in [0.2, 0.25) is 0 Å². The molecule has 2 aliphatic rings. The van der Waals surface area contributed by atoms with Crippen molar-refractivity contribution in [3.05, 3.63) is 81.7 Å². The Kier molecular flexibility index (Phi) is 6.18. The molecule has 5 unspecified atom stereocenters. The predicted molar refractivity (Wildman–Crippen MR) is 129 cm³/mol. The van der Waals surface area contributed by atoms with Gasteiger partial charge >= 0.3 is 0 Å². The highest BCUT2D eigenvalue weighted by molar-refractivity contribution is 7.15. The number of aliphatic hydroxyl groups excluding tert-OH is 2. The summed E-state index contributed by atoms with van der Waals surface area (Å²) in [6.07, 6.45) is -2.60. The summed E-state index contributed by atoms with van der Waals surface area (Å²) in [5, 5.41) is 21.8. The maximum absolute atomic E-state index is 11.4. The van der Waals surface area contributed by atoms with E-state index in [9.17, 15) is 15.0 Å². The molecule has 1 aromatic heterocycles. The molecular weight excluding hydrogens is 452 g/mol. The van der Waals surface area contributed by atoms with Gasteiger partial charge in [-0.25, -0.2) is 0 Å². The monoisotopic (exact) mass is 480 g/mol. The van der Waals surface area contributed by atoms with Crippen LogP contribution in [0.4, 0.5) is 0 Å². The van der Waals surface area contributed by atoms with Gasteiger partial charge in [0, 0.05) is 27.3 Å². The fourth-order valence-corrected chi connectivity index (χ4v) is 5.74. The van der Waals surface area contributed by atoms with E-state index in [1.165, 1.54) is 0 Å². The van der Waals surface area contributed by atoms with Crippen LogP contribution in [0.3, 0.4) is 0 Å². The fourth-order valence-electron chi connectivity index (χ4n) is 4.66. The summed E-state index contributed by atoms with van der Waals surface area (Å²) in [6.45, 7) is 5.58. The van der Waals surface area contributed by atoms with E-state index in [1.54, 1.807) is 25.2 Å². The maximum Gasteiger partial charge on any atom is 0.190 e. The van der Waals surface area contributed by atoms with Crippen molar-refractivity contribution in [2.45, 2.75) is 63.7 Å². The summed E-state index contributed by atoms with van der Waals surface area (Å²) in [7, 11) is 0. The third-order valence-electron chi connectivity index (χ3n) is 6.46. The number of benzene rings is 2. The van der Waals surface area contributed by atoms with E-state index in [0.29, 0.717) is 17.5 Å². The normalized spacial score (nSPS) is 26.4. The van der Waals surface area contributed by atoms with Gasteiger partial charge in [-0.1, -0.05) is 42.5 Å². The van der Waals surface area contributed by atoms with Crippen LogP contribution in [0.1, 0.15) is 51.9 Å². The fraction of sp³-hybridized carbons (Fsp3) is 0.370. The van der Waals surface area contributed by atoms with Gasteiger partial charge < -0.3 is 24.4 Å². The Morgan fingerprint density at radius 2 is 1.91 bits per heavy atom. The van der Waals surface area contributed by atoms with Crippen molar-refractivity contribution in [3.8, 4) is 10.4 Å². The van der Waals surface area contributed by atoms with Gasteiger partial charge in [0.25, 0.3) is 0 Å². The van der Waals surface area contributed by atoms with Crippen LogP contribution in [0.5, 0.6) is 0 Å². The van der Waals surface area contributed by atoms with E-state index < -0.39 is 36.5 Å². The molecule has 0 saturated carbocycles. The zero-order valence-corrected chi connectivity index (χ0v) is 20.1. The molecule has 6 nitrogen and oxygen atoms in total. The second-order valence-electron chi connectivity index (χ2n) is 9.34. The lowest BCUT2D eigenvalue weighted by Crippen LogP contribution is -2.37. The van der Waals surface area contributed by atoms with Gasteiger partial charge in [0.05, 0.1) is 0 Å². The number of hydrogen-bond acceptors (Lipinski definition) is 7. The molecule has 34 heavy (non-hydrogen) atoms. The van der Waals surface area contributed by atoms with Crippen molar-refractivity contribution in [2.24, 2.45) is 0 Å². The first-order valence-electron chi connectivity index (χ1n) is 11.4. The summed E-state index contributed by atoms with van der Waals surface area (Å²) in [6, 6.07) is 17.5. The average Bonchev–Trinajstić information content (AvgIpc) is 3.48. The molecule has 7 heteroatoms. The Labute approximate surface area is 202 Å². The van der Waals surface area contributed by atoms with E-state index in [0.717, 1.165) is 32.7 Å². The zero-order valence-electron chi connectivity index (χ0n) is 19.3. The number of aldehydes is 1. The number of rotatable bonds is 6. The largest absolute Gasteiger partial charge is 0.387 e. The highest BCUT2D eigenvalue weighted by atomic mass is 32.1. The molecule has 0 spiro atoms. The third kappa shape index (κ3) is 4.35. The molecule has 2 N–H and O–H groups in total. The van der Waals surface area contributed by atoms with Crippen molar-refractivity contribution >= 4 is 17.6 Å². The number of carbonyl (C=O) groups is 1. The van der Waals surface area contributed by atoms with Crippen LogP contribution in [-0.4, -0.2) is 46.9 Å². The van der Waals surface area contributed by atoms with Crippen molar-refractivity contribution in [1.29, 1.82) is 0 Å². The SMILES string of the molecule is Cc1ccc(C(O)C2OC3OC(C)(C)OC3C2O)cc1Cc1ccc(-c2ccccc2C=O)s1. The molecule has 0 bridgehead atoms. The molecular formula is C27H28O6S. The topological polar surface area (TPSA) is 85.2 Å². The zero-order chi connectivity index (χ0) is 24.0. The van der Waals surface area contributed by atoms with Gasteiger partial charge in [-0.3, -0.25) is 4.79 Å². The van der Waals surface area contributed by atoms with Crippen molar-refractivity contribution in [2.75, 3.05) is 0 Å². The molecule has 5 rings (SSSR count). The Morgan fingerprint density at radius 1 is 1.12 bits per heavy atom. The molecule has 178 valence electrons. The molecule has 0 radical (unpaired) electrons. The van der Waals surface area contributed by atoms with E-state index in [-0.39, 0.29) is 0 Å². The quantitative estimate of drug-likeness (QED) is 0.509. The predicted octanol–water partition coefficient (Wildman–Crippen LogP) is 4.40. The number of thiophene rings is 1. The van der Waals surface area contributed by atoms with Crippen LogP contribution in [-0.2, 0) is 20.6 Å². The summed E-state index contributed by atoms with van der Waals surface area (Å²) in [5.41, 5.74) is 4.47. The van der Waals surface area contributed by atoms with Crippen molar-refractivity contribution in [1.82, 2.24) is 0 Å². The first kappa shape index (κ1) is 23.4. The maximum atomic E-state index is 11.4. The molecule has 2 fully saturated rings. The molecule has 2 saturated heterocycles. The van der Waals surface area contributed by atoms with E-state index >= 15 is 0 Å². The Morgan fingerprint density at radius 3 is 2.68 bits per heavy atom. The first-order valence-corrected chi connectivity index (χ1v) is 12.2. The minimum Gasteiger partial charge on any atom is -0.387 e. The van der Waals surface area contributed by atoms with Crippen LogP contribution in [0.15, 0.2) is 54.6 Å². The van der Waals surface area contributed by atoms with Gasteiger partial charge in [0.2, 0.25) is 0 Å². The molecule has 0 aliphatic carbocycles. The van der Waals surface area contributed by atoms with Gasteiger partial charge in [0.1, 0.15) is 24.4 Å². The van der Waals surface area contributed by atoms with Crippen LogP contribution in [0.25, 0.3) is 10.4 Å². The lowest BCUT2D eigenvalue weighted by Gasteiger charge is -2.26. The summed E-state index contributed by atoms with van der Waals surface area (Å²) in [4.78, 5) is 13.6. The van der Waals surface area contributed by atoms with Crippen molar-refractivity contribution in [3.63, 3.8) is 0 Å². The van der Waals surface area contributed by atoms with Crippen LogP contribution < -0.4 is 0 Å². The molecule has 5 atom stereocenters.